The summed E-state index contributed by atoms with van der Waals surface area (Å²) in [6.07, 6.45) is 0. The molecule has 16 heavy (non-hydrogen) atoms. The highest BCUT2D eigenvalue weighted by Gasteiger charge is 2.19. The standard InChI is InChI=1S/C13H21ClN2/c1-8(2)16(9(3)4)13-11(14)6-10(5)7-12(13)15/h6-9H,15H2,1-5H3. The van der Waals surface area contributed by atoms with Gasteiger partial charge in [0.15, 0.2) is 0 Å². The Balaban J connectivity index is 3.29. The van der Waals surface area contributed by atoms with Crippen molar-refractivity contribution in [2.75, 3.05) is 10.6 Å². The van der Waals surface area contributed by atoms with Gasteiger partial charge in [-0.15, -0.1) is 0 Å². The first-order chi connectivity index (χ1) is 7.34. The van der Waals surface area contributed by atoms with Gasteiger partial charge in [-0.2, -0.15) is 0 Å². The summed E-state index contributed by atoms with van der Waals surface area (Å²) in [5, 5.41) is 0.736. The molecule has 0 aliphatic heterocycles. The van der Waals surface area contributed by atoms with Gasteiger partial charge in [-0.3, -0.25) is 0 Å². The van der Waals surface area contributed by atoms with Gasteiger partial charge in [0.25, 0.3) is 0 Å². The lowest BCUT2D eigenvalue weighted by molar-refractivity contribution is 0.609. The minimum absolute atomic E-state index is 0.377. The van der Waals surface area contributed by atoms with E-state index in [9.17, 15) is 0 Å². The lowest BCUT2D eigenvalue weighted by atomic mass is 10.1. The second kappa shape index (κ2) is 4.96. The number of nitrogen functional groups attached to an aromatic ring is 1. The molecule has 0 aliphatic rings. The zero-order valence-corrected chi connectivity index (χ0v) is 11.5. The third kappa shape index (κ3) is 2.62. The number of nitrogens with two attached hydrogens (primary N) is 1. The van der Waals surface area contributed by atoms with Crippen molar-refractivity contribution in [3.63, 3.8) is 0 Å². The van der Waals surface area contributed by atoms with Crippen LogP contribution >= 0.6 is 11.6 Å². The molecule has 2 N–H and O–H groups in total. The van der Waals surface area contributed by atoms with E-state index < -0.39 is 0 Å². The van der Waals surface area contributed by atoms with Crippen LogP contribution in [0.3, 0.4) is 0 Å². The van der Waals surface area contributed by atoms with E-state index in [2.05, 4.69) is 32.6 Å². The van der Waals surface area contributed by atoms with Gasteiger partial charge in [0.2, 0.25) is 0 Å². The molecule has 0 heterocycles. The Morgan fingerprint density at radius 2 is 1.62 bits per heavy atom. The van der Waals surface area contributed by atoms with Crippen molar-refractivity contribution in [1.29, 1.82) is 0 Å². The number of benzene rings is 1. The summed E-state index contributed by atoms with van der Waals surface area (Å²) in [6, 6.07) is 4.69. The van der Waals surface area contributed by atoms with Crippen molar-refractivity contribution in [3.05, 3.63) is 22.7 Å². The van der Waals surface area contributed by atoms with Crippen LogP contribution in [0.15, 0.2) is 12.1 Å². The highest BCUT2D eigenvalue weighted by molar-refractivity contribution is 6.34. The molecular weight excluding hydrogens is 220 g/mol. The van der Waals surface area contributed by atoms with Crippen LogP contribution in [0.1, 0.15) is 33.3 Å². The SMILES string of the molecule is Cc1cc(N)c(N(C(C)C)C(C)C)c(Cl)c1. The lowest BCUT2D eigenvalue weighted by Gasteiger charge is -2.34. The molecule has 0 amide bonds. The van der Waals surface area contributed by atoms with Crippen molar-refractivity contribution in [2.45, 2.75) is 46.7 Å². The Kier molecular flexibility index (Phi) is 4.09. The summed E-state index contributed by atoms with van der Waals surface area (Å²) in [5.74, 6) is 0. The topological polar surface area (TPSA) is 29.3 Å². The van der Waals surface area contributed by atoms with Gasteiger partial charge in [-0.1, -0.05) is 11.6 Å². The van der Waals surface area contributed by atoms with E-state index in [0.717, 1.165) is 22.0 Å². The highest BCUT2D eigenvalue weighted by Crippen LogP contribution is 2.35. The summed E-state index contributed by atoms with van der Waals surface area (Å²) < 4.78 is 0. The number of halogens is 1. The average Bonchev–Trinajstić information content (AvgIpc) is 2.09. The summed E-state index contributed by atoms with van der Waals surface area (Å²) in [4.78, 5) is 2.25. The van der Waals surface area contributed by atoms with Crippen LogP contribution in [0.4, 0.5) is 11.4 Å². The van der Waals surface area contributed by atoms with E-state index in [0.29, 0.717) is 12.1 Å². The van der Waals surface area contributed by atoms with Crippen molar-refractivity contribution in [1.82, 2.24) is 0 Å². The van der Waals surface area contributed by atoms with Gasteiger partial charge in [-0.05, 0) is 52.3 Å². The third-order valence-corrected chi connectivity index (χ3v) is 2.90. The van der Waals surface area contributed by atoms with E-state index in [4.69, 9.17) is 17.3 Å². The molecule has 90 valence electrons. The quantitative estimate of drug-likeness (QED) is 0.814. The minimum Gasteiger partial charge on any atom is -0.397 e. The largest absolute Gasteiger partial charge is 0.397 e. The molecule has 1 aromatic carbocycles. The van der Waals surface area contributed by atoms with Gasteiger partial charge in [0.05, 0.1) is 16.4 Å². The van der Waals surface area contributed by atoms with Gasteiger partial charge in [0, 0.05) is 12.1 Å². The molecule has 1 aromatic rings. The van der Waals surface area contributed by atoms with Gasteiger partial charge >= 0.3 is 0 Å². The predicted octanol–water partition coefficient (Wildman–Crippen LogP) is 3.85. The van der Waals surface area contributed by atoms with E-state index >= 15 is 0 Å². The molecular formula is C13H21ClN2. The smallest absolute Gasteiger partial charge is 0.0793 e. The van der Waals surface area contributed by atoms with Crippen LogP contribution in [-0.2, 0) is 0 Å². The van der Waals surface area contributed by atoms with Crippen LogP contribution in [0.2, 0.25) is 5.02 Å². The Labute approximate surface area is 103 Å². The molecule has 0 spiro atoms. The van der Waals surface area contributed by atoms with E-state index in [1.165, 1.54) is 0 Å². The zero-order valence-electron chi connectivity index (χ0n) is 10.7. The summed E-state index contributed by atoms with van der Waals surface area (Å²) in [7, 11) is 0. The average molecular weight is 241 g/mol. The second-order valence-corrected chi connectivity index (χ2v) is 5.19. The van der Waals surface area contributed by atoms with Gasteiger partial charge in [0.1, 0.15) is 0 Å². The summed E-state index contributed by atoms with van der Waals surface area (Å²) >= 11 is 6.30. The lowest BCUT2D eigenvalue weighted by Crippen LogP contribution is -2.37. The number of hydrogen-bond acceptors (Lipinski definition) is 2. The first-order valence-corrected chi connectivity index (χ1v) is 6.06. The fourth-order valence-electron chi connectivity index (χ4n) is 2.15. The Morgan fingerprint density at radius 1 is 1.12 bits per heavy atom. The van der Waals surface area contributed by atoms with Crippen molar-refractivity contribution >= 4 is 23.0 Å². The molecule has 0 unspecified atom stereocenters. The number of aryl methyl sites for hydroxylation is 1. The number of nitrogens with zero attached hydrogens (tertiary/aromatic N) is 1. The first-order valence-electron chi connectivity index (χ1n) is 5.68. The summed E-state index contributed by atoms with van der Waals surface area (Å²) in [5.41, 5.74) is 8.88. The molecule has 0 saturated carbocycles. The number of hydrogen-bond donors (Lipinski definition) is 1. The molecule has 3 heteroatoms. The maximum atomic E-state index is 6.30. The Hall–Kier alpha value is -0.890. The van der Waals surface area contributed by atoms with Gasteiger partial charge in [-0.25, -0.2) is 0 Å². The molecule has 0 bridgehead atoms. The number of rotatable bonds is 3. The fourth-order valence-corrected chi connectivity index (χ4v) is 2.53. The highest BCUT2D eigenvalue weighted by atomic mass is 35.5. The maximum absolute atomic E-state index is 6.30. The molecule has 0 saturated heterocycles. The third-order valence-electron chi connectivity index (χ3n) is 2.61. The predicted molar refractivity (Wildman–Crippen MR) is 73.4 cm³/mol. The fraction of sp³-hybridized carbons (Fsp3) is 0.538. The van der Waals surface area contributed by atoms with E-state index in [1.807, 2.05) is 19.1 Å². The van der Waals surface area contributed by atoms with E-state index in [1.54, 1.807) is 0 Å². The van der Waals surface area contributed by atoms with Crippen LogP contribution in [0, 0.1) is 6.92 Å². The van der Waals surface area contributed by atoms with Crippen molar-refractivity contribution in [3.8, 4) is 0 Å². The monoisotopic (exact) mass is 240 g/mol. The first kappa shape index (κ1) is 13.2. The Morgan fingerprint density at radius 3 is 2.00 bits per heavy atom. The zero-order chi connectivity index (χ0) is 12.5. The second-order valence-electron chi connectivity index (χ2n) is 4.78. The van der Waals surface area contributed by atoms with Crippen LogP contribution in [0.25, 0.3) is 0 Å². The molecule has 2 nitrogen and oxygen atoms in total. The minimum atomic E-state index is 0.377. The van der Waals surface area contributed by atoms with Crippen molar-refractivity contribution < 1.29 is 0 Å². The maximum Gasteiger partial charge on any atom is 0.0793 e. The summed E-state index contributed by atoms with van der Waals surface area (Å²) in [6.45, 7) is 10.6. The normalized spacial score (nSPS) is 11.2. The van der Waals surface area contributed by atoms with Crippen molar-refractivity contribution in [2.24, 2.45) is 0 Å². The Bertz CT molecular complexity index is 341. The van der Waals surface area contributed by atoms with Crippen LogP contribution in [0.5, 0.6) is 0 Å². The number of anilines is 2. The van der Waals surface area contributed by atoms with E-state index in [-0.39, 0.29) is 0 Å². The van der Waals surface area contributed by atoms with Crippen LogP contribution in [-0.4, -0.2) is 12.1 Å². The molecule has 0 aliphatic carbocycles. The molecule has 1 rings (SSSR count). The van der Waals surface area contributed by atoms with Crippen LogP contribution < -0.4 is 10.6 Å². The molecule has 0 aromatic heterocycles. The molecule has 0 atom stereocenters. The molecule has 0 fully saturated rings. The van der Waals surface area contributed by atoms with Gasteiger partial charge < -0.3 is 10.6 Å². The molecule has 0 radical (unpaired) electrons.